The summed E-state index contributed by atoms with van der Waals surface area (Å²) in [6.07, 6.45) is 2.93. The molecule has 0 aliphatic carbocycles. The first-order valence-electron chi connectivity index (χ1n) is 10.1. The van der Waals surface area contributed by atoms with E-state index in [2.05, 4.69) is 47.5 Å². The van der Waals surface area contributed by atoms with Crippen LogP contribution in [0.3, 0.4) is 0 Å². The first-order valence-corrected chi connectivity index (χ1v) is 14.0. The molecule has 33 heavy (non-hydrogen) atoms. The number of rotatable bonds is 10. The van der Waals surface area contributed by atoms with E-state index in [-0.39, 0.29) is 22.8 Å². The zero-order valence-corrected chi connectivity index (χ0v) is 22.9. The van der Waals surface area contributed by atoms with E-state index < -0.39 is 9.84 Å². The maximum absolute atomic E-state index is 11.7. The quantitative estimate of drug-likeness (QED) is 0.151. The van der Waals surface area contributed by atoms with Crippen LogP contribution in [-0.2, 0) is 21.9 Å². The van der Waals surface area contributed by atoms with Crippen LogP contribution in [0.1, 0.15) is 37.2 Å². The van der Waals surface area contributed by atoms with E-state index >= 15 is 0 Å². The Hall–Kier alpha value is -1.49. The molecule has 0 bridgehead atoms. The molecular formula is C23H24Cl2INO5S. The van der Waals surface area contributed by atoms with Gasteiger partial charge in [0.15, 0.2) is 32.8 Å². The van der Waals surface area contributed by atoms with Crippen molar-refractivity contribution >= 4 is 55.6 Å². The Morgan fingerprint density at radius 1 is 1.12 bits per heavy atom. The van der Waals surface area contributed by atoms with Crippen LogP contribution < -0.4 is 9.47 Å². The maximum atomic E-state index is 11.7. The van der Waals surface area contributed by atoms with Crippen molar-refractivity contribution in [2.24, 2.45) is 0 Å². The van der Waals surface area contributed by atoms with Crippen LogP contribution in [0.4, 0.5) is 0 Å². The van der Waals surface area contributed by atoms with Gasteiger partial charge in [-0.1, -0.05) is 37.6 Å². The lowest BCUT2D eigenvalue weighted by Gasteiger charge is -2.27. The Morgan fingerprint density at radius 3 is 2.42 bits per heavy atom. The predicted octanol–water partition coefficient (Wildman–Crippen LogP) is 6.25. The van der Waals surface area contributed by atoms with Crippen molar-refractivity contribution in [2.75, 3.05) is 18.7 Å². The highest BCUT2D eigenvalue weighted by atomic mass is 127. The van der Waals surface area contributed by atoms with Gasteiger partial charge in [-0.25, -0.2) is 13.4 Å². The smallest absolute Gasteiger partial charge is 0.200 e. The van der Waals surface area contributed by atoms with Crippen molar-refractivity contribution in [2.45, 2.75) is 37.3 Å². The molecule has 0 atom stereocenters. The summed E-state index contributed by atoms with van der Waals surface area (Å²) < 4.78 is 41.1. The standard InChI is InChI=1S/C23H24Cl2INO5S/c1-23(2,16-11-18(25)21(19(26)12-16)30-10-4-9-24)15-5-7-17(8-6-15)31-13-20-22(27-14-32-20)33(3,28)29/h5-8,11-12,14H,4,9-10,13H2,1-3H3. The van der Waals surface area contributed by atoms with Gasteiger partial charge in [0.1, 0.15) is 12.4 Å². The molecule has 10 heteroatoms. The average Bonchev–Trinajstić information content (AvgIpc) is 3.24. The normalized spacial score (nSPS) is 12.1. The minimum Gasteiger partial charge on any atom is -0.491 e. The minimum absolute atomic E-state index is 0.0376. The van der Waals surface area contributed by atoms with Crippen LogP contribution in [0.25, 0.3) is 0 Å². The molecule has 1 aromatic heterocycles. The molecule has 0 saturated heterocycles. The Balaban J connectivity index is 1.75. The van der Waals surface area contributed by atoms with Gasteiger partial charge in [-0.05, 0) is 64.4 Å². The Bertz CT molecular complexity index is 1190. The fraction of sp³-hybridized carbons (Fsp3) is 0.348. The molecule has 178 valence electrons. The molecule has 0 saturated carbocycles. The molecule has 3 aromatic rings. The largest absolute Gasteiger partial charge is 0.491 e. The van der Waals surface area contributed by atoms with E-state index in [1.807, 2.05) is 30.3 Å². The van der Waals surface area contributed by atoms with Gasteiger partial charge in [0, 0.05) is 17.6 Å². The van der Waals surface area contributed by atoms with E-state index in [0.717, 1.165) is 33.8 Å². The molecular weight excluding hydrogens is 600 g/mol. The van der Waals surface area contributed by atoms with Gasteiger partial charge in [0.25, 0.3) is 0 Å². The highest BCUT2D eigenvalue weighted by Crippen LogP contribution is 2.39. The Morgan fingerprint density at radius 2 is 1.82 bits per heavy atom. The maximum Gasteiger partial charge on any atom is 0.200 e. The molecule has 6 nitrogen and oxygen atoms in total. The van der Waals surface area contributed by atoms with E-state index in [4.69, 9.17) is 37.1 Å². The van der Waals surface area contributed by atoms with E-state index in [9.17, 15) is 8.42 Å². The van der Waals surface area contributed by atoms with Crippen molar-refractivity contribution in [3.8, 4) is 11.5 Å². The fourth-order valence-corrected chi connectivity index (χ4v) is 5.31. The molecule has 0 aliphatic heterocycles. The molecule has 0 fully saturated rings. The van der Waals surface area contributed by atoms with E-state index in [1.165, 1.54) is 0 Å². The summed E-state index contributed by atoms with van der Waals surface area (Å²) in [4.78, 5) is 3.76. The number of aromatic nitrogens is 1. The zero-order valence-electron chi connectivity index (χ0n) is 18.4. The third-order valence-corrected chi connectivity index (χ3v) is 7.53. The number of oxazole rings is 1. The van der Waals surface area contributed by atoms with Gasteiger partial charge in [-0.2, -0.15) is 0 Å². The van der Waals surface area contributed by atoms with Crippen LogP contribution in [-0.4, -0.2) is 32.1 Å². The van der Waals surface area contributed by atoms with Crippen LogP contribution in [0.5, 0.6) is 11.5 Å². The summed E-state index contributed by atoms with van der Waals surface area (Å²) in [6.45, 7) is 4.71. The summed E-state index contributed by atoms with van der Waals surface area (Å²) >= 11 is 14.5. The molecule has 0 amide bonds. The molecule has 0 N–H and O–H groups in total. The second-order valence-corrected chi connectivity index (χ2v) is 11.8. The SMILES string of the molecule is CC(C)(c1ccc(OCc2ocnc2S(C)(=O)=O)cc1)c1cc(Cl)c(OCCCCl)c(I)c1. The van der Waals surface area contributed by atoms with Crippen molar-refractivity contribution in [3.63, 3.8) is 0 Å². The zero-order chi connectivity index (χ0) is 24.2. The first kappa shape index (κ1) is 26.1. The van der Waals surface area contributed by atoms with E-state index in [0.29, 0.717) is 29.0 Å². The number of sulfone groups is 1. The van der Waals surface area contributed by atoms with Gasteiger partial charge in [0.05, 0.1) is 15.2 Å². The summed E-state index contributed by atoms with van der Waals surface area (Å²) in [6, 6.07) is 11.6. The number of ether oxygens (including phenoxy) is 2. The topological polar surface area (TPSA) is 78.6 Å². The molecule has 0 aliphatic rings. The average molecular weight is 624 g/mol. The predicted molar refractivity (Wildman–Crippen MR) is 138 cm³/mol. The van der Waals surface area contributed by atoms with Crippen molar-refractivity contribution in [1.82, 2.24) is 4.98 Å². The molecule has 2 aromatic carbocycles. The lowest BCUT2D eigenvalue weighted by molar-refractivity contribution is 0.265. The van der Waals surface area contributed by atoms with E-state index in [1.54, 1.807) is 0 Å². The third kappa shape index (κ3) is 6.35. The van der Waals surface area contributed by atoms with Crippen molar-refractivity contribution in [3.05, 3.63) is 68.3 Å². The molecule has 1 heterocycles. The lowest BCUT2D eigenvalue weighted by Crippen LogP contribution is -2.19. The third-order valence-electron chi connectivity index (χ3n) is 5.14. The van der Waals surface area contributed by atoms with Crippen LogP contribution in [0.2, 0.25) is 5.02 Å². The number of halogens is 3. The number of hydrogen-bond donors (Lipinski definition) is 0. The Kier molecular flexibility index (Phi) is 8.58. The summed E-state index contributed by atoms with van der Waals surface area (Å²) in [5.74, 6) is 1.96. The molecule has 0 spiro atoms. The van der Waals surface area contributed by atoms with Crippen LogP contribution in [0, 0.1) is 3.57 Å². The second kappa shape index (κ2) is 10.8. The van der Waals surface area contributed by atoms with Crippen molar-refractivity contribution in [1.29, 1.82) is 0 Å². The summed E-state index contributed by atoms with van der Waals surface area (Å²) in [5, 5.41) is 0.454. The molecule has 0 radical (unpaired) electrons. The number of nitrogens with zero attached hydrogens (tertiary/aromatic N) is 1. The second-order valence-electron chi connectivity index (χ2n) is 7.95. The lowest BCUT2D eigenvalue weighted by atomic mass is 9.78. The highest BCUT2D eigenvalue weighted by Gasteiger charge is 2.26. The van der Waals surface area contributed by atoms with Crippen LogP contribution in [0.15, 0.2) is 52.2 Å². The van der Waals surface area contributed by atoms with Gasteiger partial charge >= 0.3 is 0 Å². The van der Waals surface area contributed by atoms with Gasteiger partial charge in [-0.3, -0.25) is 0 Å². The minimum atomic E-state index is -3.48. The number of alkyl halides is 1. The molecule has 0 unspecified atom stereocenters. The van der Waals surface area contributed by atoms with Gasteiger partial charge in [0.2, 0.25) is 0 Å². The van der Waals surface area contributed by atoms with Gasteiger partial charge < -0.3 is 13.9 Å². The molecule has 3 rings (SSSR count). The first-order chi connectivity index (χ1) is 15.5. The van der Waals surface area contributed by atoms with Gasteiger partial charge in [-0.15, -0.1) is 11.6 Å². The Labute approximate surface area is 217 Å². The number of benzene rings is 2. The summed E-state index contributed by atoms with van der Waals surface area (Å²) in [7, 11) is -3.48. The number of hydrogen-bond acceptors (Lipinski definition) is 6. The highest BCUT2D eigenvalue weighted by molar-refractivity contribution is 14.1. The summed E-state index contributed by atoms with van der Waals surface area (Å²) in [5.41, 5.74) is 1.79. The van der Waals surface area contributed by atoms with Crippen LogP contribution >= 0.6 is 45.8 Å². The van der Waals surface area contributed by atoms with Crippen molar-refractivity contribution < 1.29 is 22.3 Å². The fourth-order valence-electron chi connectivity index (χ4n) is 3.23. The monoisotopic (exact) mass is 623 g/mol.